The number of aromatic nitrogens is 3. The summed E-state index contributed by atoms with van der Waals surface area (Å²) in [7, 11) is 1.51. The summed E-state index contributed by atoms with van der Waals surface area (Å²) in [5, 5.41) is 22.8. The number of nitrogens with zero attached hydrogens (tertiary/aromatic N) is 4. The van der Waals surface area contributed by atoms with Crippen LogP contribution in [-0.4, -0.2) is 33.3 Å². The van der Waals surface area contributed by atoms with E-state index in [1.165, 1.54) is 12.7 Å². The molecule has 0 aliphatic rings. The van der Waals surface area contributed by atoms with Gasteiger partial charge in [0.2, 0.25) is 5.16 Å². The van der Waals surface area contributed by atoms with Crippen molar-refractivity contribution in [3.63, 3.8) is 0 Å². The van der Waals surface area contributed by atoms with Crippen LogP contribution in [0, 0.1) is 0 Å². The second-order valence-corrected chi connectivity index (χ2v) is 5.85. The highest BCUT2D eigenvalue weighted by molar-refractivity contribution is 7.98. The molecule has 0 atom stereocenters. The lowest BCUT2D eigenvalue weighted by Crippen LogP contribution is -1.93. The van der Waals surface area contributed by atoms with E-state index >= 15 is 0 Å². The van der Waals surface area contributed by atoms with E-state index in [9.17, 15) is 5.11 Å². The summed E-state index contributed by atoms with van der Waals surface area (Å²) in [6.45, 7) is 0. The molecular formula is C17H16N4O2S. The largest absolute Gasteiger partial charge is 0.504 e. The minimum absolute atomic E-state index is 0.0730. The third-order valence-electron chi connectivity index (χ3n) is 3.25. The van der Waals surface area contributed by atoms with Crippen LogP contribution in [-0.2, 0) is 5.75 Å². The van der Waals surface area contributed by atoms with Gasteiger partial charge < -0.3 is 9.84 Å². The van der Waals surface area contributed by atoms with Crippen LogP contribution in [0.3, 0.4) is 0 Å². The Morgan fingerprint density at radius 1 is 1.25 bits per heavy atom. The van der Waals surface area contributed by atoms with Gasteiger partial charge in [-0.1, -0.05) is 42.1 Å². The van der Waals surface area contributed by atoms with E-state index in [0.29, 0.717) is 10.9 Å². The van der Waals surface area contributed by atoms with E-state index in [-0.39, 0.29) is 5.75 Å². The van der Waals surface area contributed by atoms with E-state index in [2.05, 4.69) is 27.4 Å². The standard InChI is InChI=1S/C17H16N4O2S/c1-23-16-8-7-14(9-15(16)22)10-19-21-12-18-20-17(21)24-11-13-5-3-2-4-6-13/h2-10,12,22H,11H2,1H3/b19-10-. The first-order valence-corrected chi connectivity index (χ1v) is 8.23. The van der Waals surface area contributed by atoms with Gasteiger partial charge in [-0.2, -0.15) is 9.78 Å². The number of phenolic OH excluding ortho intramolecular Hbond substituents is 1. The van der Waals surface area contributed by atoms with Crippen molar-refractivity contribution in [3.8, 4) is 11.5 Å². The Bertz CT molecular complexity index is 834. The van der Waals surface area contributed by atoms with E-state index in [4.69, 9.17) is 4.74 Å². The minimum Gasteiger partial charge on any atom is -0.504 e. The zero-order chi connectivity index (χ0) is 16.8. The predicted molar refractivity (Wildman–Crippen MR) is 93.7 cm³/mol. The number of hydrogen-bond acceptors (Lipinski definition) is 6. The molecule has 24 heavy (non-hydrogen) atoms. The molecule has 7 heteroatoms. The predicted octanol–water partition coefficient (Wildman–Crippen LogP) is 3.17. The average Bonchev–Trinajstić information content (AvgIpc) is 3.06. The number of methoxy groups -OCH3 is 1. The van der Waals surface area contributed by atoms with Crippen LogP contribution in [0.5, 0.6) is 11.5 Å². The summed E-state index contributed by atoms with van der Waals surface area (Å²) < 4.78 is 6.63. The lowest BCUT2D eigenvalue weighted by Gasteiger charge is -2.03. The summed E-state index contributed by atoms with van der Waals surface area (Å²) in [6.07, 6.45) is 3.18. The first-order valence-electron chi connectivity index (χ1n) is 7.24. The van der Waals surface area contributed by atoms with Gasteiger partial charge in [-0.05, 0) is 29.3 Å². The molecule has 0 saturated heterocycles. The number of rotatable bonds is 6. The Morgan fingerprint density at radius 3 is 2.83 bits per heavy atom. The highest BCUT2D eigenvalue weighted by Crippen LogP contribution is 2.25. The zero-order valence-corrected chi connectivity index (χ0v) is 13.8. The molecule has 1 aromatic heterocycles. The van der Waals surface area contributed by atoms with E-state index in [1.807, 2.05) is 24.3 Å². The van der Waals surface area contributed by atoms with E-state index in [1.54, 1.807) is 41.1 Å². The lowest BCUT2D eigenvalue weighted by atomic mass is 10.2. The molecule has 0 saturated carbocycles. The van der Waals surface area contributed by atoms with Crippen LogP contribution < -0.4 is 4.74 Å². The number of phenols is 1. The summed E-state index contributed by atoms with van der Waals surface area (Å²) in [4.78, 5) is 0. The van der Waals surface area contributed by atoms with Gasteiger partial charge in [0, 0.05) is 5.75 Å². The Kier molecular flexibility index (Phi) is 5.12. The maximum Gasteiger partial charge on any atom is 0.212 e. The first kappa shape index (κ1) is 16.1. The highest BCUT2D eigenvalue weighted by Gasteiger charge is 2.05. The molecule has 3 aromatic rings. The fourth-order valence-electron chi connectivity index (χ4n) is 2.03. The quantitative estimate of drug-likeness (QED) is 0.551. The molecule has 0 amide bonds. The third kappa shape index (κ3) is 3.94. The SMILES string of the molecule is COc1ccc(/C=N\n2cnnc2SCc2ccccc2)cc1O. The molecule has 0 fully saturated rings. The van der Waals surface area contributed by atoms with E-state index < -0.39 is 0 Å². The van der Waals surface area contributed by atoms with Crippen molar-refractivity contribution < 1.29 is 9.84 Å². The Hall–Kier alpha value is -2.80. The third-order valence-corrected chi connectivity index (χ3v) is 4.25. The van der Waals surface area contributed by atoms with Crippen molar-refractivity contribution in [2.75, 3.05) is 7.11 Å². The summed E-state index contributed by atoms with van der Waals surface area (Å²) in [5.41, 5.74) is 1.96. The number of ether oxygens (including phenoxy) is 1. The molecule has 0 aliphatic carbocycles. The van der Waals surface area contributed by atoms with Crippen molar-refractivity contribution in [2.45, 2.75) is 10.9 Å². The molecule has 3 rings (SSSR count). The Morgan fingerprint density at radius 2 is 2.08 bits per heavy atom. The zero-order valence-electron chi connectivity index (χ0n) is 13.0. The van der Waals surface area contributed by atoms with Crippen LogP contribution in [0.4, 0.5) is 0 Å². The lowest BCUT2D eigenvalue weighted by molar-refractivity contribution is 0.373. The van der Waals surface area contributed by atoms with Crippen LogP contribution in [0.25, 0.3) is 0 Å². The van der Waals surface area contributed by atoms with Crippen LogP contribution in [0.1, 0.15) is 11.1 Å². The molecule has 1 N–H and O–H groups in total. The summed E-state index contributed by atoms with van der Waals surface area (Å²) in [5.74, 6) is 1.29. The Balaban J connectivity index is 1.70. The maximum absolute atomic E-state index is 9.79. The molecule has 0 bridgehead atoms. The van der Waals surface area contributed by atoms with Gasteiger partial charge in [0.15, 0.2) is 11.5 Å². The average molecular weight is 340 g/mol. The summed E-state index contributed by atoms with van der Waals surface area (Å²) >= 11 is 1.56. The first-order chi connectivity index (χ1) is 11.8. The van der Waals surface area contributed by atoms with Gasteiger partial charge in [0.1, 0.15) is 6.33 Å². The Labute approximate surface area is 143 Å². The smallest absolute Gasteiger partial charge is 0.212 e. The molecule has 2 aromatic carbocycles. The summed E-state index contributed by atoms with van der Waals surface area (Å²) in [6, 6.07) is 15.2. The molecule has 6 nitrogen and oxygen atoms in total. The number of thioether (sulfide) groups is 1. The van der Waals surface area contributed by atoms with Gasteiger partial charge in [-0.3, -0.25) is 0 Å². The van der Waals surface area contributed by atoms with Crippen LogP contribution in [0.15, 0.2) is 65.1 Å². The van der Waals surface area contributed by atoms with Crippen molar-refractivity contribution >= 4 is 18.0 Å². The number of aromatic hydroxyl groups is 1. The van der Waals surface area contributed by atoms with Gasteiger partial charge in [0.05, 0.1) is 13.3 Å². The van der Waals surface area contributed by atoms with Crippen LogP contribution >= 0.6 is 11.8 Å². The fourth-order valence-corrected chi connectivity index (χ4v) is 2.85. The second-order valence-electron chi connectivity index (χ2n) is 4.91. The molecule has 0 unspecified atom stereocenters. The molecule has 122 valence electrons. The van der Waals surface area contributed by atoms with Crippen molar-refractivity contribution in [3.05, 3.63) is 66.0 Å². The van der Waals surface area contributed by atoms with Gasteiger partial charge in [-0.15, -0.1) is 10.2 Å². The molecule has 0 radical (unpaired) electrons. The number of benzene rings is 2. The molecule has 1 heterocycles. The molecule has 0 spiro atoms. The molecule has 0 aliphatic heterocycles. The van der Waals surface area contributed by atoms with Gasteiger partial charge in [-0.25, -0.2) is 0 Å². The highest BCUT2D eigenvalue weighted by atomic mass is 32.2. The van der Waals surface area contributed by atoms with Crippen molar-refractivity contribution in [1.29, 1.82) is 0 Å². The van der Waals surface area contributed by atoms with Crippen molar-refractivity contribution in [2.24, 2.45) is 5.10 Å². The second kappa shape index (κ2) is 7.65. The van der Waals surface area contributed by atoms with E-state index in [0.717, 1.165) is 11.3 Å². The molecular weight excluding hydrogens is 324 g/mol. The topological polar surface area (TPSA) is 72.5 Å². The monoisotopic (exact) mass is 340 g/mol. The fraction of sp³-hybridized carbons (Fsp3) is 0.118. The van der Waals surface area contributed by atoms with Gasteiger partial charge >= 0.3 is 0 Å². The normalized spacial score (nSPS) is 11.0. The minimum atomic E-state index is 0.0730. The van der Waals surface area contributed by atoms with Crippen LogP contribution in [0.2, 0.25) is 0 Å². The maximum atomic E-state index is 9.79. The number of hydrogen-bond donors (Lipinski definition) is 1. The van der Waals surface area contributed by atoms with Gasteiger partial charge in [0.25, 0.3) is 0 Å². The van der Waals surface area contributed by atoms with Crippen molar-refractivity contribution in [1.82, 2.24) is 14.9 Å².